The van der Waals surface area contributed by atoms with Crippen molar-refractivity contribution in [1.82, 2.24) is 9.78 Å². The zero-order valence-corrected chi connectivity index (χ0v) is 7.66. The van der Waals surface area contributed by atoms with Crippen LogP contribution in [0.15, 0.2) is 0 Å². The Balaban J connectivity index is 1.84. The van der Waals surface area contributed by atoms with E-state index in [1.165, 1.54) is 23.4 Å². The average molecular weight is 176 g/mol. The number of nitrogens with zero attached hydrogens (tertiary/aromatic N) is 2. The van der Waals surface area contributed by atoms with Crippen molar-refractivity contribution in [2.24, 2.45) is 18.9 Å². The first-order valence-corrected chi connectivity index (χ1v) is 4.98. The van der Waals surface area contributed by atoms with E-state index in [0.29, 0.717) is 0 Å². The molecule has 1 aromatic rings. The van der Waals surface area contributed by atoms with Gasteiger partial charge >= 0.3 is 0 Å². The predicted octanol–water partition coefficient (Wildman–Crippen LogP) is 1.18. The van der Waals surface area contributed by atoms with Gasteiger partial charge in [-0.3, -0.25) is 4.68 Å². The van der Waals surface area contributed by atoms with Gasteiger partial charge in [0.25, 0.3) is 0 Å². The largest absolute Gasteiger partial charge is 0.370 e. The Morgan fingerprint density at radius 1 is 1.38 bits per heavy atom. The molecule has 2 fully saturated rings. The molecule has 1 unspecified atom stereocenters. The molecule has 2 aliphatic carbocycles. The molecule has 1 aliphatic heterocycles. The Labute approximate surface area is 76.7 Å². The minimum Gasteiger partial charge on any atom is -0.370 e. The molecule has 3 nitrogen and oxygen atoms in total. The number of fused-ring (bicyclic) bond motifs is 2. The Hall–Kier alpha value is -0.830. The summed E-state index contributed by atoms with van der Waals surface area (Å²) in [6.45, 7) is 1.56. The summed E-state index contributed by atoms with van der Waals surface area (Å²) in [6.07, 6.45) is 1.46. The van der Waals surface area contributed by atoms with Crippen LogP contribution in [0.3, 0.4) is 0 Å². The second-order valence-electron chi connectivity index (χ2n) is 4.52. The number of aromatic nitrogens is 2. The molecular formula is C10H12N2O. The number of ether oxygens (including phenoxy) is 1. The van der Waals surface area contributed by atoms with Crippen LogP contribution in [0, 0.1) is 11.8 Å². The molecule has 0 radical (unpaired) electrons. The first kappa shape index (κ1) is 6.60. The summed E-state index contributed by atoms with van der Waals surface area (Å²) in [6, 6.07) is 0. The molecule has 2 saturated carbocycles. The lowest BCUT2D eigenvalue weighted by Crippen LogP contribution is -1.99. The fraction of sp³-hybridized carbons (Fsp3) is 0.700. The quantitative estimate of drug-likeness (QED) is 0.642. The molecule has 0 amide bonds. The van der Waals surface area contributed by atoms with Crippen LogP contribution >= 0.6 is 0 Å². The molecule has 2 heterocycles. The van der Waals surface area contributed by atoms with Gasteiger partial charge in [0.05, 0.1) is 24.6 Å². The Morgan fingerprint density at radius 3 is 2.92 bits per heavy atom. The maximum absolute atomic E-state index is 5.44. The monoisotopic (exact) mass is 176 g/mol. The van der Waals surface area contributed by atoms with Gasteiger partial charge in [-0.05, 0) is 18.3 Å². The summed E-state index contributed by atoms with van der Waals surface area (Å²) < 4.78 is 7.45. The third-order valence-corrected chi connectivity index (χ3v) is 3.78. The van der Waals surface area contributed by atoms with E-state index in [0.717, 1.165) is 31.0 Å². The molecular weight excluding hydrogens is 164 g/mol. The van der Waals surface area contributed by atoms with E-state index in [9.17, 15) is 0 Å². The maximum Gasteiger partial charge on any atom is 0.0893 e. The van der Waals surface area contributed by atoms with Crippen LogP contribution in [-0.4, -0.2) is 9.78 Å². The Bertz CT molecular complexity index is 388. The van der Waals surface area contributed by atoms with E-state index in [1.807, 2.05) is 11.7 Å². The lowest BCUT2D eigenvalue weighted by Gasteiger charge is -2.00. The van der Waals surface area contributed by atoms with Gasteiger partial charge in [0.2, 0.25) is 0 Å². The van der Waals surface area contributed by atoms with Gasteiger partial charge in [0, 0.05) is 18.5 Å². The minimum absolute atomic E-state index is 0.765. The molecule has 13 heavy (non-hydrogen) atoms. The average Bonchev–Trinajstić information content (AvgIpc) is 2.89. The zero-order valence-electron chi connectivity index (χ0n) is 7.66. The van der Waals surface area contributed by atoms with Crippen LogP contribution < -0.4 is 0 Å². The van der Waals surface area contributed by atoms with Crippen LogP contribution in [0.25, 0.3) is 0 Å². The van der Waals surface area contributed by atoms with Crippen LogP contribution in [0.2, 0.25) is 0 Å². The number of aryl methyl sites for hydroxylation is 1. The Kier molecular flexibility index (Phi) is 0.926. The Morgan fingerprint density at radius 2 is 2.23 bits per heavy atom. The van der Waals surface area contributed by atoms with Crippen molar-refractivity contribution in [1.29, 1.82) is 0 Å². The van der Waals surface area contributed by atoms with Crippen LogP contribution in [0.5, 0.6) is 0 Å². The number of hydrogen-bond acceptors (Lipinski definition) is 2. The lowest BCUT2D eigenvalue weighted by atomic mass is 10.1. The third-order valence-electron chi connectivity index (χ3n) is 3.78. The molecule has 0 N–H and O–H groups in total. The van der Waals surface area contributed by atoms with E-state index in [-0.39, 0.29) is 0 Å². The van der Waals surface area contributed by atoms with Gasteiger partial charge in [-0.25, -0.2) is 0 Å². The van der Waals surface area contributed by atoms with Gasteiger partial charge < -0.3 is 4.74 Å². The fourth-order valence-electron chi connectivity index (χ4n) is 2.66. The smallest absolute Gasteiger partial charge is 0.0893 e. The topological polar surface area (TPSA) is 27.1 Å². The van der Waals surface area contributed by atoms with Gasteiger partial charge in [-0.2, -0.15) is 5.10 Å². The third kappa shape index (κ3) is 0.680. The summed E-state index contributed by atoms with van der Waals surface area (Å²) >= 11 is 0. The van der Waals surface area contributed by atoms with E-state index in [2.05, 4.69) is 5.10 Å². The standard InChI is InChI=1S/C10H12N2O/c1-12-8-4-13-3-7(8)10(11-12)9-5-2-6(5)9/h5-6,9H,2-4H2,1H3/t5-,6+,9?. The molecule has 3 heteroatoms. The normalized spacial score (nSPS) is 38.7. The number of rotatable bonds is 1. The van der Waals surface area contributed by atoms with Crippen molar-refractivity contribution >= 4 is 0 Å². The van der Waals surface area contributed by atoms with E-state index >= 15 is 0 Å². The van der Waals surface area contributed by atoms with Crippen molar-refractivity contribution in [3.63, 3.8) is 0 Å². The summed E-state index contributed by atoms with van der Waals surface area (Å²) in [5.41, 5.74) is 4.07. The lowest BCUT2D eigenvalue weighted by molar-refractivity contribution is 0.129. The van der Waals surface area contributed by atoms with E-state index < -0.39 is 0 Å². The molecule has 4 rings (SSSR count). The summed E-state index contributed by atoms with van der Waals surface area (Å²) in [5.74, 6) is 2.82. The second kappa shape index (κ2) is 1.82. The first-order valence-electron chi connectivity index (χ1n) is 4.98. The molecule has 0 spiro atoms. The van der Waals surface area contributed by atoms with E-state index in [1.54, 1.807) is 0 Å². The zero-order chi connectivity index (χ0) is 8.58. The van der Waals surface area contributed by atoms with Crippen molar-refractivity contribution in [3.05, 3.63) is 17.0 Å². The van der Waals surface area contributed by atoms with Crippen LogP contribution in [0.1, 0.15) is 29.3 Å². The number of hydrogen-bond donors (Lipinski definition) is 0. The molecule has 1 aromatic heterocycles. The molecule has 68 valence electrons. The van der Waals surface area contributed by atoms with Gasteiger partial charge in [0.15, 0.2) is 0 Å². The highest BCUT2D eigenvalue weighted by molar-refractivity contribution is 5.39. The fourth-order valence-corrected chi connectivity index (χ4v) is 2.66. The SMILES string of the molecule is Cn1nc(C2[C@H]3C[C@@H]23)c2c1COC2. The highest BCUT2D eigenvalue weighted by Crippen LogP contribution is 2.73. The van der Waals surface area contributed by atoms with Gasteiger partial charge in [-0.1, -0.05) is 0 Å². The molecule has 3 atom stereocenters. The highest BCUT2D eigenvalue weighted by Gasteiger charge is 2.66. The highest BCUT2D eigenvalue weighted by atomic mass is 16.5. The molecule has 3 aliphatic rings. The molecule has 0 aromatic carbocycles. The van der Waals surface area contributed by atoms with Crippen molar-refractivity contribution in [3.8, 4) is 0 Å². The predicted molar refractivity (Wildman–Crippen MR) is 46.0 cm³/mol. The van der Waals surface area contributed by atoms with Crippen molar-refractivity contribution in [2.75, 3.05) is 0 Å². The van der Waals surface area contributed by atoms with Gasteiger partial charge in [-0.15, -0.1) is 0 Å². The van der Waals surface area contributed by atoms with Crippen molar-refractivity contribution in [2.45, 2.75) is 25.6 Å². The van der Waals surface area contributed by atoms with Crippen LogP contribution in [0.4, 0.5) is 0 Å². The summed E-state index contributed by atoms with van der Waals surface area (Å²) in [4.78, 5) is 0. The summed E-state index contributed by atoms with van der Waals surface area (Å²) in [7, 11) is 2.03. The molecule has 0 bridgehead atoms. The second-order valence-corrected chi connectivity index (χ2v) is 4.52. The minimum atomic E-state index is 0.765. The first-order chi connectivity index (χ1) is 6.36. The van der Waals surface area contributed by atoms with Gasteiger partial charge in [0.1, 0.15) is 0 Å². The summed E-state index contributed by atoms with van der Waals surface area (Å²) in [5, 5.41) is 4.61. The molecule has 0 saturated heterocycles. The maximum atomic E-state index is 5.44. The van der Waals surface area contributed by atoms with E-state index in [4.69, 9.17) is 4.74 Å². The van der Waals surface area contributed by atoms with Crippen molar-refractivity contribution < 1.29 is 4.74 Å². The van der Waals surface area contributed by atoms with Crippen LogP contribution in [-0.2, 0) is 25.0 Å².